The second-order valence-electron chi connectivity index (χ2n) is 7.77. The van der Waals surface area contributed by atoms with Crippen molar-refractivity contribution in [2.75, 3.05) is 6.61 Å². The van der Waals surface area contributed by atoms with Crippen LogP contribution in [0.2, 0.25) is 5.15 Å². The second kappa shape index (κ2) is 11.5. The fraction of sp³-hybridized carbons (Fsp3) is 0.148. The highest BCUT2D eigenvalue weighted by Crippen LogP contribution is 2.22. The van der Waals surface area contributed by atoms with Gasteiger partial charge in [-0.05, 0) is 80.1 Å². The van der Waals surface area contributed by atoms with Crippen molar-refractivity contribution in [3.8, 4) is 17.2 Å². The van der Waals surface area contributed by atoms with Gasteiger partial charge in [0.05, 0.1) is 29.8 Å². The first-order chi connectivity index (χ1) is 17.4. The monoisotopic (exact) mass is 506 g/mol. The lowest BCUT2D eigenvalue weighted by Gasteiger charge is -2.08. The van der Waals surface area contributed by atoms with E-state index in [-0.39, 0.29) is 11.7 Å². The summed E-state index contributed by atoms with van der Waals surface area (Å²) in [5.41, 5.74) is 5.62. The Morgan fingerprint density at radius 3 is 2.31 bits per heavy atom. The van der Waals surface area contributed by atoms with Crippen LogP contribution < -0.4 is 14.9 Å². The highest BCUT2D eigenvalue weighted by Gasteiger charge is 2.13. The summed E-state index contributed by atoms with van der Waals surface area (Å²) in [6.45, 7) is 4.68. The Hall–Kier alpha value is -4.17. The Morgan fingerprint density at radius 2 is 1.67 bits per heavy atom. The molecular weight excluding hydrogens is 483 g/mol. The summed E-state index contributed by atoms with van der Waals surface area (Å²) in [5, 5.41) is 8.69. The van der Waals surface area contributed by atoms with Crippen molar-refractivity contribution in [2.45, 2.75) is 20.5 Å². The number of hydrogen-bond donors (Lipinski definition) is 1. The van der Waals surface area contributed by atoms with Gasteiger partial charge in [-0.1, -0.05) is 23.7 Å². The zero-order valence-corrected chi connectivity index (χ0v) is 20.5. The number of halogens is 2. The molecule has 7 nitrogen and oxygen atoms in total. The third-order valence-electron chi connectivity index (χ3n) is 5.24. The van der Waals surface area contributed by atoms with Gasteiger partial charge in [-0.25, -0.2) is 14.5 Å². The molecule has 36 heavy (non-hydrogen) atoms. The molecule has 0 aliphatic rings. The molecule has 1 N–H and O–H groups in total. The number of nitrogens with one attached hydrogen (secondary N) is 1. The van der Waals surface area contributed by atoms with Crippen molar-refractivity contribution in [2.24, 2.45) is 5.10 Å². The Kier molecular flexibility index (Phi) is 7.97. The van der Waals surface area contributed by atoms with Gasteiger partial charge < -0.3 is 9.47 Å². The minimum absolute atomic E-state index is 0.300. The molecule has 1 amide bonds. The van der Waals surface area contributed by atoms with Crippen molar-refractivity contribution in [3.63, 3.8) is 0 Å². The summed E-state index contributed by atoms with van der Waals surface area (Å²) in [4.78, 5) is 12.5. The van der Waals surface area contributed by atoms with Crippen LogP contribution in [0.25, 0.3) is 5.69 Å². The van der Waals surface area contributed by atoms with E-state index in [0.29, 0.717) is 40.9 Å². The summed E-state index contributed by atoms with van der Waals surface area (Å²) < 4.78 is 25.9. The molecule has 0 bridgehead atoms. The van der Waals surface area contributed by atoms with Crippen LogP contribution in [0, 0.1) is 12.7 Å². The lowest BCUT2D eigenvalue weighted by molar-refractivity contribution is 0.0955. The molecule has 0 spiro atoms. The molecule has 4 aromatic rings. The SMILES string of the molecule is CCOc1ccc(OCc2ccc(C(=O)NN=Cc3c(C)nn(-c4ccc(F)cc4)c3Cl)cc2)cc1. The third-order valence-corrected chi connectivity index (χ3v) is 5.60. The average Bonchev–Trinajstić information content (AvgIpc) is 3.17. The van der Waals surface area contributed by atoms with Gasteiger partial charge in [-0.15, -0.1) is 0 Å². The standard InChI is InChI=1S/C27H24ClFN4O3/c1-3-35-23-12-14-24(15-13-23)36-17-19-4-6-20(7-5-19)27(34)31-30-16-25-18(2)32-33(26(25)28)22-10-8-21(29)9-11-22/h4-16H,3,17H2,1-2H3,(H,31,34). The number of amides is 1. The van der Waals surface area contributed by atoms with E-state index in [1.807, 2.05) is 43.3 Å². The molecule has 3 aromatic carbocycles. The van der Waals surface area contributed by atoms with Gasteiger partial charge in [0, 0.05) is 5.56 Å². The van der Waals surface area contributed by atoms with Gasteiger partial charge in [-0.2, -0.15) is 10.2 Å². The molecule has 0 fully saturated rings. The number of hydrogen-bond acceptors (Lipinski definition) is 5. The highest BCUT2D eigenvalue weighted by atomic mass is 35.5. The topological polar surface area (TPSA) is 77.7 Å². The van der Waals surface area contributed by atoms with Crippen LogP contribution >= 0.6 is 11.6 Å². The van der Waals surface area contributed by atoms with Crippen molar-refractivity contribution in [1.82, 2.24) is 15.2 Å². The van der Waals surface area contributed by atoms with E-state index in [0.717, 1.165) is 17.1 Å². The maximum atomic E-state index is 13.2. The normalized spacial score (nSPS) is 11.0. The van der Waals surface area contributed by atoms with E-state index in [4.69, 9.17) is 21.1 Å². The molecule has 0 radical (unpaired) electrons. The maximum Gasteiger partial charge on any atom is 0.271 e. The van der Waals surface area contributed by atoms with Crippen LogP contribution in [0.4, 0.5) is 4.39 Å². The second-order valence-corrected chi connectivity index (χ2v) is 8.13. The van der Waals surface area contributed by atoms with E-state index < -0.39 is 0 Å². The lowest BCUT2D eigenvalue weighted by atomic mass is 10.1. The van der Waals surface area contributed by atoms with Crippen LogP contribution in [0.15, 0.2) is 77.9 Å². The van der Waals surface area contributed by atoms with E-state index in [1.165, 1.54) is 23.0 Å². The van der Waals surface area contributed by atoms with Gasteiger partial charge in [0.15, 0.2) is 0 Å². The predicted octanol–water partition coefficient (Wildman–Crippen LogP) is 5.71. The van der Waals surface area contributed by atoms with Crippen molar-refractivity contribution in [1.29, 1.82) is 0 Å². The zero-order chi connectivity index (χ0) is 25.5. The number of carbonyl (C=O) groups is 1. The van der Waals surface area contributed by atoms with E-state index in [1.54, 1.807) is 31.2 Å². The van der Waals surface area contributed by atoms with Crippen molar-refractivity contribution in [3.05, 3.63) is 106 Å². The minimum atomic E-state index is -0.370. The summed E-state index contributed by atoms with van der Waals surface area (Å²) in [5.74, 6) is 0.801. The summed E-state index contributed by atoms with van der Waals surface area (Å²) in [7, 11) is 0. The van der Waals surface area contributed by atoms with Gasteiger partial charge in [-0.3, -0.25) is 4.79 Å². The molecule has 1 aromatic heterocycles. The summed E-state index contributed by atoms with van der Waals surface area (Å²) in [6.07, 6.45) is 1.43. The third kappa shape index (κ3) is 6.09. The van der Waals surface area contributed by atoms with Crippen molar-refractivity contribution >= 4 is 23.7 Å². The highest BCUT2D eigenvalue weighted by molar-refractivity contribution is 6.32. The number of carbonyl (C=O) groups excluding carboxylic acids is 1. The quantitative estimate of drug-likeness (QED) is 0.233. The van der Waals surface area contributed by atoms with Gasteiger partial charge in [0.25, 0.3) is 5.91 Å². The fourth-order valence-corrected chi connectivity index (χ4v) is 3.67. The molecule has 184 valence electrons. The maximum absolute atomic E-state index is 13.2. The van der Waals surface area contributed by atoms with E-state index >= 15 is 0 Å². The molecular formula is C27H24ClFN4O3. The molecule has 4 rings (SSSR count). The molecule has 0 saturated heterocycles. The molecule has 0 unspecified atom stereocenters. The van der Waals surface area contributed by atoms with Gasteiger partial charge in [0.1, 0.15) is 29.1 Å². The number of rotatable bonds is 9. The molecule has 0 aliphatic heterocycles. The lowest BCUT2D eigenvalue weighted by Crippen LogP contribution is -2.17. The fourth-order valence-electron chi connectivity index (χ4n) is 3.35. The van der Waals surface area contributed by atoms with Crippen LogP contribution in [-0.4, -0.2) is 28.5 Å². The smallest absolute Gasteiger partial charge is 0.271 e. The molecule has 0 atom stereocenters. The first kappa shape index (κ1) is 24.9. The van der Waals surface area contributed by atoms with E-state index in [9.17, 15) is 9.18 Å². The Balaban J connectivity index is 1.33. The van der Waals surface area contributed by atoms with Gasteiger partial charge >= 0.3 is 0 Å². The number of aryl methyl sites for hydroxylation is 1. The molecule has 0 aliphatic carbocycles. The molecule has 9 heteroatoms. The number of nitrogens with zero attached hydrogens (tertiary/aromatic N) is 3. The Labute approximate surface area is 213 Å². The largest absolute Gasteiger partial charge is 0.494 e. The van der Waals surface area contributed by atoms with E-state index in [2.05, 4.69) is 15.6 Å². The Bertz CT molecular complexity index is 1350. The zero-order valence-electron chi connectivity index (χ0n) is 19.7. The number of benzene rings is 3. The van der Waals surface area contributed by atoms with Crippen LogP contribution in [-0.2, 0) is 6.61 Å². The first-order valence-corrected chi connectivity index (χ1v) is 11.6. The van der Waals surface area contributed by atoms with Crippen LogP contribution in [0.5, 0.6) is 11.5 Å². The summed E-state index contributed by atoms with van der Waals surface area (Å²) in [6, 6.07) is 20.3. The number of hydrazone groups is 1. The first-order valence-electron chi connectivity index (χ1n) is 11.2. The number of ether oxygens (including phenoxy) is 2. The summed E-state index contributed by atoms with van der Waals surface area (Å²) >= 11 is 6.43. The van der Waals surface area contributed by atoms with Crippen LogP contribution in [0.3, 0.4) is 0 Å². The predicted molar refractivity (Wildman–Crippen MR) is 137 cm³/mol. The van der Waals surface area contributed by atoms with Crippen LogP contribution in [0.1, 0.15) is 34.1 Å². The molecule has 0 saturated carbocycles. The Morgan fingerprint density at radius 1 is 1.03 bits per heavy atom. The molecule has 1 heterocycles. The van der Waals surface area contributed by atoms with Gasteiger partial charge in [0.2, 0.25) is 0 Å². The average molecular weight is 507 g/mol. The number of aromatic nitrogens is 2. The minimum Gasteiger partial charge on any atom is -0.494 e. The van der Waals surface area contributed by atoms with Crippen molar-refractivity contribution < 1.29 is 18.7 Å².